The number of hydrogen-bond acceptors (Lipinski definition) is 4. The molecule has 2 heterocycles. The lowest BCUT2D eigenvalue weighted by atomic mass is 10.2. The van der Waals surface area contributed by atoms with Gasteiger partial charge in [-0.3, -0.25) is 9.48 Å². The first-order valence-electron chi connectivity index (χ1n) is 4.78. The molecule has 0 saturated carbocycles. The van der Waals surface area contributed by atoms with Crippen molar-refractivity contribution in [3.63, 3.8) is 0 Å². The highest BCUT2D eigenvalue weighted by Gasteiger charge is 2.03. The molecular formula is C11H11N3O2. The van der Waals surface area contributed by atoms with Crippen LogP contribution < -0.4 is 4.74 Å². The van der Waals surface area contributed by atoms with Gasteiger partial charge in [-0.2, -0.15) is 5.10 Å². The average molecular weight is 217 g/mol. The number of aromatic nitrogens is 3. The van der Waals surface area contributed by atoms with Crippen LogP contribution in [0.1, 0.15) is 17.3 Å². The van der Waals surface area contributed by atoms with Crippen molar-refractivity contribution in [2.45, 2.75) is 6.92 Å². The van der Waals surface area contributed by atoms with Gasteiger partial charge in [0.15, 0.2) is 11.5 Å². The van der Waals surface area contributed by atoms with Crippen LogP contribution in [0.5, 0.6) is 11.6 Å². The third-order valence-corrected chi connectivity index (χ3v) is 2.05. The summed E-state index contributed by atoms with van der Waals surface area (Å²) < 4.78 is 7.07. The van der Waals surface area contributed by atoms with E-state index in [0.717, 1.165) is 0 Å². The normalized spacial score (nSPS) is 10.1. The van der Waals surface area contributed by atoms with E-state index in [9.17, 15) is 4.79 Å². The van der Waals surface area contributed by atoms with Crippen molar-refractivity contribution >= 4 is 5.78 Å². The largest absolute Gasteiger partial charge is 0.436 e. The van der Waals surface area contributed by atoms with Gasteiger partial charge >= 0.3 is 0 Å². The lowest BCUT2D eigenvalue weighted by Crippen LogP contribution is -1.94. The number of ether oxygens (including phenoxy) is 1. The Kier molecular flexibility index (Phi) is 2.68. The number of Topliss-reactive ketones (excluding diaryl/α,β-unsaturated/α-hetero) is 1. The van der Waals surface area contributed by atoms with Crippen LogP contribution in [-0.4, -0.2) is 20.5 Å². The van der Waals surface area contributed by atoms with Crippen LogP contribution in [0.25, 0.3) is 0 Å². The zero-order valence-corrected chi connectivity index (χ0v) is 9.04. The van der Waals surface area contributed by atoms with Crippen molar-refractivity contribution in [1.82, 2.24) is 14.8 Å². The molecule has 0 amide bonds. The van der Waals surface area contributed by atoms with Gasteiger partial charge in [0.1, 0.15) is 0 Å². The Hall–Kier alpha value is -2.17. The molecule has 5 nitrogen and oxygen atoms in total. The molecule has 2 aromatic heterocycles. The molecule has 0 atom stereocenters. The number of carbonyl (C=O) groups excluding carboxylic acids is 1. The molecule has 16 heavy (non-hydrogen) atoms. The van der Waals surface area contributed by atoms with Crippen molar-refractivity contribution in [2.24, 2.45) is 7.05 Å². The SMILES string of the molecule is CC(=O)c1ccc(Oc2cnn(C)c2)nc1. The summed E-state index contributed by atoms with van der Waals surface area (Å²) in [5, 5.41) is 3.97. The van der Waals surface area contributed by atoms with Crippen molar-refractivity contribution in [1.29, 1.82) is 0 Å². The van der Waals surface area contributed by atoms with Gasteiger partial charge in [0.2, 0.25) is 5.88 Å². The van der Waals surface area contributed by atoms with E-state index in [2.05, 4.69) is 10.1 Å². The van der Waals surface area contributed by atoms with E-state index in [1.807, 2.05) is 0 Å². The number of ketones is 1. The van der Waals surface area contributed by atoms with Crippen LogP contribution in [0.3, 0.4) is 0 Å². The summed E-state index contributed by atoms with van der Waals surface area (Å²) in [5.74, 6) is 1.05. The zero-order valence-electron chi connectivity index (χ0n) is 9.04. The second-order valence-electron chi connectivity index (χ2n) is 3.39. The van der Waals surface area contributed by atoms with E-state index < -0.39 is 0 Å². The first kappa shape index (κ1) is 10.4. The molecule has 0 radical (unpaired) electrons. The second kappa shape index (κ2) is 4.14. The first-order chi connectivity index (χ1) is 7.65. The fourth-order valence-electron chi connectivity index (χ4n) is 1.22. The molecule has 0 spiro atoms. The molecule has 0 aliphatic heterocycles. The molecule has 0 fully saturated rings. The summed E-state index contributed by atoms with van der Waals surface area (Å²) in [6, 6.07) is 3.34. The Morgan fingerprint density at radius 3 is 2.69 bits per heavy atom. The third kappa shape index (κ3) is 2.25. The van der Waals surface area contributed by atoms with Crippen LogP contribution in [0.4, 0.5) is 0 Å². The zero-order chi connectivity index (χ0) is 11.5. The van der Waals surface area contributed by atoms with Crippen LogP contribution in [0.2, 0.25) is 0 Å². The van der Waals surface area contributed by atoms with Crippen LogP contribution in [0.15, 0.2) is 30.7 Å². The molecular weight excluding hydrogens is 206 g/mol. The molecule has 0 bridgehead atoms. The van der Waals surface area contributed by atoms with Crippen LogP contribution in [-0.2, 0) is 7.05 Å². The molecule has 0 aliphatic carbocycles. The maximum Gasteiger partial charge on any atom is 0.219 e. The number of hydrogen-bond donors (Lipinski definition) is 0. The van der Waals surface area contributed by atoms with E-state index in [4.69, 9.17) is 4.74 Å². The topological polar surface area (TPSA) is 57.0 Å². The van der Waals surface area contributed by atoms with Gasteiger partial charge in [-0.1, -0.05) is 0 Å². The maximum absolute atomic E-state index is 11.0. The summed E-state index contributed by atoms with van der Waals surface area (Å²) in [6.45, 7) is 1.50. The highest BCUT2D eigenvalue weighted by atomic mass is 16.5. The molecule has 2 rings (SSSR count). The number of carbonyl (C=O) groups is 1. The Morgan fingerprint density at radius 2 is 2.19 bits per heavy atom. The van der Waals surface area contributed by atoms with Gasteiger partial charge in [0, 0.05) is 24.9 Å². The third-order valence-electron chi connectivity index (χ3n) is 2.05. The van der Waals surface area contributed by atoms with E-state index in [0.29, 0.717) is 17.2 Å². The number of pyridine rings is 1. The van der Waals surface area contributed by atoms with Crippen molar-refractivity contribution in [2.75, 3.05) is 0 Å². The fraction of sp³-hybridized carbons (Fsp3) is 0.182. The van der Waals surface area contributed by atoms with E-state index in [1.54, 1.807) is 36.3 Å². The smallest absolute Gasteiger partial charge is 0.219 e. The monoisotopic (exact) mass is 217 g/mol. The Balaban J connectivity index is 2.14. The second-order valence-corrected chi connectivity index (χ2v) is 3.39. The Morgan fingerprint density at radius 1 is 1.38 bits per heavy atom. The predicted octanol–water partition coefficient (Wildman–Crippen LogP) is 1.81. The Bertz CT molecular complexity index is 502. The van der Waals surface area contributed by atoms with Gasteiger partial charge in [-0.15, -0.1) is 0 Å². The lowest BCUT2D eigenvalue weighted by molar-refractivity contribution is 0.101. The van der Waals surface area contributed by atoms with E-state index in [-0.39, 0.29) is 5.78 Å². The summed E-state index contributed by atoms with van der Waals surface area (Å²) in [5.41, 5.74) is 0.568. The summed E-state index contributed by atoms with van der Waals surface area (Å²) in [7, 11) is 1.80. The van der Waals surface area contributed by atoms with Gasteiger partial charge in [0.05, 0.1) is 12.4 Å². The van der Waals surface area contributed by atoms with Gasteiger partial charge in [-0.05, 0) is 13.0 Å². The van der Waals surface area contributed by atoms with E-state index in [1.165, 1.54) is 13.1 Å². The summed E-state index contributed by atoms with van der Waals surface area (Å²) in [6.07, 6.45) is 4.83. The van der Waals surface area contributed by atoms with Gasteiger partial charge < -0.3 is 4.74 Å². The highest BCUT2D eigenvalue weighted by molar-refractivity contribution is 5.93. The molecule has 5 heteroatoms. The standard InChI is InChI=1S/C11H11N3O2/c1-8(15)9-3-4-11(12-5-9)16-10-6-13-14(2)7-10/h3-7H,1-2H3. The van der Waals surface area contributed by atoms with Crippen molar-refractivity contribution in [3.05, 3.63) is 36.3 Å². The molecule has 0 aliphatic rings. The number of nitrogens with zero attached hydrogens (tertiary/aromatic N) is 3. The maximum atomic E-state index is 11.0. The highest BCUT2D eigenvalue weighted by Crippen LogP contribution is 2.17. The van der Waals surface area contributed by atoms with E-state index >= 15 is 0 Å². The minimum absolute atomic E-state index is 0.0135. The molecule has 82 valence electrons. The van der Waals surface area contributed by atoms with Crippen molar-refractivity contribution < 1.29 is 9.53 Å². The minimum Gasteiger partial charge on any atom is -0.436 e. The molecule has 2 aromatic rings. The quantitative estimate of drug-likeness (QED) is 0.736. The Labute approximate surface area is 92.7 Å². The van der Waals surface area contributed by atoms with Gasteiger partial charge in [-0.25, -0.2) is 4.98 Å². The molecule has 0 unspecified atom stereocenters. The molecule has 0 saturated heterocycles. The first-order valence-corrected chi connectivity index (χ1v) is 4.78. The number of aryl methyl sites for hydroxylation is 1. The minimum atomic E-state index is -0.0135. The van der Waals surface area contributed by atoms with Crippen LogP contribution in [0, 0.1) is 0 Å². The summed E-state index contributed by atoms with van der Waals surface area (Å²) in [4.78, 5) is 15.0. The lowest BCUT2D eigenvalue weighted by Gasteiger charge is -2.01. The fourth-order valence-corrected chi connectivity index (χ4v) is 1.22. The average Bonchev–Trinajstić information content (AvgIpc) is 2.65. The van der Waals surface area contributed by atoms with Crippen LogP contribution >= 0.6 is 0 Å². The number of rotatable bonds is 3. The van der Waals surface area contributed by atoms with Gasteiger partial charge in [0.25, 0.3) is 0 Å². The molecule has 0 aromatic carbocycles. The molecule has 0 N–H and O–H groups in total. The predicted molar refractivity (Wildman–Crippen MR) is 57.5 cm³/mol. The van der Waals surface area contributed by atoms with Crippen molar-refractivity contribution in [3.8, 4) is 11.6 Å². The summed E-state index contributed by atoms with van der Waals surface area (Å²) >= 11 is 0.